The van der Waals surface area contributed by atoms with Crippen molar-refractivity contribution in [2.75, 3.05) is 12.8 Å². The van der Waals surface area contributed by atoms with E-state index in [0.717, 1.165) is 17.1 Å². The molecule has 1 aromatic carbocycles. The highest BCUT2D eigenvalue weighted by Gasteiger charge is 2.08. The first-order valence-electron chi connectivity index (χ1n) is 5.18. The summed E-state index contributed by atoms with van der Waals surface area (Å²) in [5.74, 6) is 0.427. The molecule has 6 nitrogen and oxygen atoms in total. The third kappa shape index (κ3) is 2.75. The van der Waals surface area contributed by atoms with Crippen molar-refractivity contribution in [2.45, 2.75) is 6.54 Å². The first-order chi connectivity index (χ1) is 8.70. The molecule has 0 aliphatic heterocycles. The molecule has 2 aromatic rings. The number of benzene rings is 1. The lowest BCUT2D eigenvalue weighted by Crippen LogP contribution is -2.21. The number of rotatable bonds is 4. The largest absolute Gasteiger partial charge is 0.495 e. The fourth-order valence-electron chi connectivity index (χ4n) is 1.43. The average molecular weight is 264 g/mol. The highest BCUT2D eigenvalue weighted by atomic mass is 32.1. The number of methoxy groups -OCH3 is 1. The van der Waals surface area contributed by atoms with Gasteiger partial charge in [-0.2, -0.15) is 0 Å². The van der Waals surface area contributed by atoms with Crippen LogP contribution in [0.4, 0.5) is 5.69 Å². The van der Waals surface area contributed by atoms with Crippen molar-refractivity contribution >= 4 is 23.1 Å². The van der Waals surface area contributed by atoms with Crippen LogP contribution in [0.3, 0.4) is 0 Å². The van der Waals surface area contributed by atoms with Crippen LogP contribution in [0.25, 0.3) is 0 Å². The number of amides is 1. The van der Waals surface area contributed by atoms with Gasteiger partial charge in [-0.05, 0) is 29.2 Å². The van der Waals surface area contributed by atoms with Crippen molar-refractivity contribution < 1.29 is 9.53 Å². The second-order valence-electron chi connectivity index (χ2n) is 3.54. The Hall–Kier alpha value is -2.15. The first kappa shape index (κ1) is 12.3. The van der Waals surface area contributed by atoms with Gasteiger partial charge in [-0.1, -0.05) is 10.6 Å². The number of carbonyl (C=O) groups excluding carboxylic acids is 1. The molecule has 0 radical (unpaired) electrons. The SMILES string of the molecule is COc1ccc(CNC(=O)c2cnns2)cc1N. The van der Waals surface area contributed by atoms with Crippen LogP contribution < -0.4 is 15.8 Å². The normalized spacial score (nSPS) is 10.1. The van der Waals surface area contributed by atoms with E-state index in [4.69, 9.17) is 10.5 Å². The zero-order valence-corrected chi connectivity index (χ0v) is 10.5. The number of nitrogens with two attached hydrogens (primary N) is 1. The summed E-state index contributed by atoms with van der Waals surface area (Å²) in [6, 6.07) is 5.38. The minimum Gasteiger partial charge on any atom is -0.495 e. The number of hydrogen-bond donors (Lipinski definition) is 2. The maximum atomic E-state index is 11.7. The molecule has 1 aromatic heterocycles. The molecule has 94 valence electrons. The summed E-state index contributed by atoms with van der Waals surface area (Å²) in [7, 11) is 1.56. The molecule has 18 heavy (non-hydrogen) atoms. The molecule has 3 N–H and O–H groups in total. The molecule has 1 heterocycles. The molecule has 0 aliphatic carbocycles. The summed E-state index contributed by atoms with van der Waals surface area (Å²) < 4.78 is 8.69. The predicted molar refractivity (Wildman–Crippen MR) is 68.5 cm³/mol. The van der Waals surface area contributed by atoms with E-state index in [1.807, 2.05) is 6.07 Å². The van der Waals surface area contributed by atoms with Crippen molar-refractivity contribution in [3.8, 4) is 5.75 Å². The van der Waals surface area contributed by atoms with Gasteiger partial charge >= 0.3 is 0 Å². The van der Waals surface area contributed by atoms with E-state index in [9.17, 15) is 4.79 Å². The molecule has 1 amide bonds. The average Bonchev–Trinajstić information content (AvgIpc) is 2.90. The number of nitrogen functional groups attached to an aromatic ring is 1. The Kier molecular flexibility index (Phi) is 3.73. The second kappa shape index (κ2) is 5.46. The van der Waals surface area contributed by atoms with Crippen molar-refractivity contribution in [1.29, 1.82) is 0 Å². The van der Waals surface area contributed by atoms with E-state index >= 15 is 0 Å². The van der Waals surface area contributed by atoms with Gasteiger partial charge in [0.1, 0.15) is 10.6 Å². The van der Waals surface area contributed by atoms with Gasteiger partial charge in [0.05, 0.1) is 19.0 Å². The molecule has 0 saturated heterocycles. The van der Waals surface area contributed by atoms with Crippen LogP contribution >= 0.6 is 11.5 Å². The van der Waals surface area contributed by atoms with E-state index in [-0.39, 0.29) is 5.91 Å². The maximum absolute atomic E-state index is 11.7. The Morgan fingerprint density at radius 3 is 3.00 bits per heavy atom. The quantitative estimate of drug-likeness (QED) is 0.806. The van der Waals surface area contributed by atoms with E-state index in [2.05, 4.69) is 14.9 Å². The Morgan fingerprint density at radius 1 is 1.56 bits per heavy atom. The molecule has 0 aliphatic rings. The summed E-state index contributed by atoms with van der Waals surface area (Å²) in [6.07, 6.45) is 1.43. The molecule has 0 unspecified atom stereocenters. The minimum absolute atomic E-state index is 0.195. The minimum atomic E-state index is -0.195. The number of ether oxygens (including phenoxy) is 1. The predicted octanol–water partition coefficient (Wildman–Crippen LogP) is 1.06. The lowest BCUT2D eigenvalue weighted by Gasteiger charge is -2.07. The summed E-state index contributed by atoms with van der Waals surface area (Å²) in [5.41, 5.74) is 7.22. The molecule has 0 bridgehead atoms. The lowest BCUT2D eigenvalue weighted by molar-refractivity contribution is 0.0955. The highest BCUT2D eigenvalue weighted by molar-refractivity contribution is 7.07. The van der Waals surface area contributed by atoms with Crippen LogP contribution in [0, 0.1) is 0 Å². The maximum Gasteiger partial charge on any atom is 0.264 e. The zero-order chi connectivity index (χ0) is 13.0. The molecule has 0 spiro atoms. The van der Waals surface area contributed by atoms with Gasteiger partial charge in [-0.25, -0.2) is 0 Å². The van der Waals surface area contributed by atoms with Crippen molar-refractivity contribution in [1.82, 2.24) is 14.9 Å². The van der Waals surface area contributed by atoms with E-state index in [1.54, 1.807) is 19.2 Å². The van der Waals surface area contributed by atoms with Gasteiger partial charge in [0, 0.05) is 6.54 Å². The van der Waals surface area contributed by atoms with Gasteiger partial charge in [-0.3, -0.25) is 4.79 Å². The number of aromatic nitrogens is 2. The number of nitrogens with one attached hydrogen (secondary N) is 1. The van der Waals surface area contributed by atoms with Crippen LogP contribution in [0.5, 0.6) is 5.75 Å². The molecular formula is C11H12N4O2S. The molecule has 0 atom stereocenters. The molecule has 7 heteroatoms. The van der Waals surface area contributed by atoms with Crippen LogP contribution in [0.15, 0.2) is 24.4 Å². The Morgan fingerprint density at radius 2 is 2.39 bits per heavy atom. The van der Waals surface area contributed by atoms with Crippen LogP contribution in [0.2, 0.25) is 0 Å². The van der Waals surface area contributed by atoms with Gasteiger partial charge in [0.15, 0.2) is 0 Å². The van der Waals surface area contributed by atoms with Crippen molar-refractivity contribution in [3.63, 3.8) is 0 Å². The summed E-state index contributed by atoms with van der Waals surface area (Å²) in [4.78, 5) is 12.1. The molecule has 2 rings (SSSR count). The molecule has 0 fully saturated rings. The third-order valence-corrected chi connectivity index (χ3v) is 3.00. The van der Waals surface area contributed by atoms with Crippen LogP contribution in [-0.2, 0) is 6.54 Å². The van der Waals surface area contributed by atoms with E-state index in [1.165, 1.54) is 6.20 Å². The fourth-order valence-corrected chi connectivity index (χ4v) is 1.86. The monoisotopic (exact) mass is 264 g/mol. The molecule has 0 saturated carbocycles. The lowest BCUT2D eigenvalue weighted by atomic mass is 10.2. The molecular weight excluding hydrogens is 252 g/mol. The van der Waals surface area contributed by atoms with E-state index < -0.39 is 0 Å². The van der Waals surface area contributed by atoms with Crippen molar-refractivity contribution in [2.24, 2.45) is 0 Å². The smallest absolute Gasteiger partial charge is 0.264 e. The Labute approximate surface area is 108 Å². The third-order valence-electron chi connectivity index (χ3n) is 2.33. The van der Waals surface area contributed by atoms with Gasteiger partial charge in [0.25, 0.3) is 5.91 Å². The van der Waals surface area contributed by atoms with Crippen LogP contribution in [0.1, 0.15) is 15.2 Å². The summed E-state index contributed by atoms with van der Waals surface area (Å²) in [6.45, 7) is 0.394. The van der Waals surface area contributed by atoms with Gasteiger partial charge in [-0.15, -0.1) is 5.10 Å². The van der Waals surface area contributed by atoms with Gasteiger partial charge in [0.2, 0.25) is 0 Å². The number of anilines is 1. The number of nitrogens with zero attached hydrogens (tertiary/aromatic N) is 2. The standard InChI is InChI=1S/C11H12N4O2S/c1-17-9-3-2-7(4-8(9)12)5-13-11(16)10-6-14-15-18-10/h2-4,6H,5,12H2,1H3,(H,13,16). The number of hydrogen-bond acceptors (Lipinski definition) is 6. The Balaban J connectivity index is 1.98. The highest BCUT2D eigenvalue weighted by Crippen LogP contribution is 2.21. The number of carbonyl (C=O) groups is 1. The van der Waals surface area contributed by atoms with Crippen molar-refractivity contribution in [3.05, 3.63) is 34.8 Å². The van der Waals surface area contributed by atoms with Gasteiger partial charge < -0.3 is 15.8 Å². The van der Waals surface area contributed by atoms with Crippen LogP contribution in [-0.4, -0.2) is 22.6 Å². The fraction of sp³-hybridized carbons (Fsp3) is 0.182. The van der Waals surface area contributed by atoms with E-state index in [0.29, 0.717) is 22.9 Å². The first-order valence-corrected chi connectivity index (χ1v) is 5.96. The summed E-state index contributed by atoms with van der Waals surface area (Å²) >= 11 is 1.06. The zero-order valence-electron chi connectivity index (χ0n) is 9.71. The second-order valence-corrected chi connectivity index (χ2v) is 4.33. The summed E-state index contributed by atoms with van der Waals surface area (Å²) in [5, 5.41) is 6.37. The topological polar surface area (TPSA) is 90.1 Å². The Bertz CT molecular complexity index is 542.